The summed E-state index contributed by atoms with van der Waals surface area (Å²) < 4.78 is 38.0. The lowest BCUT2D eigenvalue weighted by atomic mass is 10.2. The molecule has 2 aromatic rings. The van der Waals surface area contributed by atoms with Gasteiger partial charge in [-0.1, -0.05) is 35.3 Å². The average molecular weight is 363 g/mol. The number of alkyl halides is 3. The van der Waals surface area contributed by atoms with Gasteiger partial charge in [0.1, 0.15) is 0 Å². The van der Waals surface area contributed by atoms with E-state index in [1.54, 1.807) is 24.3 Å². The predicted molar refractivity (Wildman–Crippen MR) is 85.0 cm³/mol. The number of para-hydroxylation sites is 1. The second kappa shape index (κ2) is 7.10. The summed E-state index contributed by atoms with van der Waals surface area (Å²) in [5, 5.41) is 5.57. The van der Waals surface area contributed by atoms with E-state index in [-0.39, 0.29) is 17.3 Å². The molecule has 0 heterocycles. The number of hydrogen-bond donors (Lipinski definition) is 2. The highest BCUT2D eigenvalue weighted by atomic mass is 35.5. The molecule has 23 heavy (non-hydrogen) atoms. The van der Waals surface area contributed by atoms with Gasteiger partial charge >= 0.3 is 6.18 Å². The summed E-state index contributed by atoms with van der Waals surface area (Å²) in [4.78, 5) is 11.9. The van der Waals surface area contributed by atoms with Crippen molar-refractivity contribution in [2.75, 3.05) is 17.2 Å². The van der Waals surface area contributed by atoms with Gasteiger partial charge in [-0.2, -0.15) is 13.2 Å². The molecule has 2 rings (SSSR count). The molecule has 122 valence electrons. The number of benzene rings is 2. The van der Waals surface area contributed by atoms with Gasteiger partial charge in [-0.3, -0.25) is 4.79 Å². The van der Waals surface area contributed by atoms with Gasteiger partial charge in [-0.15, -0.1) is 0 Å². The van der Waals surface area contributed by atoms with E-state index in [1.807, 2.05) is 0 Å². The Labute approximate surface area is 140 Å². The van der Waals surface area contributed by atoms with Crippen LogP contribution in [0.25, 0.3) is 0 Å². The summed E-state index contributed by atoms with van der Waals surface area (Å²) in [6, 6.07) is 9.50. The summed E-state index contributed by atoms with van der Waals surface area (Å²) in [6.45, 7) is -0.170. The van der Waals surface area contributed by atoms with E-state index in [2.05, 4.69) is 10.6 Å². The molecule has 2 N–H and O–H groups in total. The number of nitrogens with one attached hydrogen (secondary N) is 2. The highest BCUT2D eigenvalue weighted by molar-refractivity contribution is 6.34. The Morgan fingerprint density at radius 3 is 2.30 bits per heavy atom. The summed E-state index contributed by atoms with van der Waals surface area (Å²) in [5.41, 5.74) is -0.455. The van der Waals surface area contributed by atoms with Crippen LogP contribution in [0, 0.1) is 0 Å². The molecule has 2 aromatic carbocycles. The monoisotopic (exact) mass is 362 g/mol. The van der Waals surface area contributed by atoms with Gasteiger partial charge in [-0.05, 0) is 30.3 Å². The molecular formula is C15H11Cl2F3N2O. The number of anilines is 2. The van der Waals surface area contributed by atoms with Crippen molar-refractivity contribution in [3.8, 4) is 0 Å². The fourth-order valence-electron chi connectivity index (χ4n) is 1.77. The molecule has 0 saturated carbocycles. The molecule has 0 saturated heterocycles. The highest BCUT2D eigenvalue weighted by Gasteiger charge is 2.31. The quantitative estimate of drug-likeness (QED) is 0.797. The fourth-order valence-corrected chi connectivity index (χ4v) is 2.14. The molecule has 0 spiro atoms. The zero-order chi connectivity index (χ0) is 17.0. The van der Waals surface area contributed by atoms with Crippen LogP contribution in [0.15, 0.2) is 42.5 Å². The van der Waals surface area contributed by atoms with Crippen molar-refractivity contribution in [2.45, 2.75) is 6.18 Å². The third kappa shape index (κ3) is 4.77. The van der Waals surface area contributed by atoms with Crippen molar-refractivity contribution in [2.24, 2.45) is 0 Å². The molecule has 0 aliphatic heterocycles. The smallest absolute Gasteiger partial charge is 0.375 e. The summed E-state index contributed by atoms with van der Waals surface area (Å²) >= 11 is 11.7. The van der Waals surface area contributed by atoms with Gasteiger partial charge < -0.3 is 10.6 Å². The van der Waals surface area contributed by atoms with Gasteiger partial charge in [0, 0.05) is 0 Å². The van der Waals surface area contributed by atoms with Crippen molar-refractivity contribution in [3.63, 3.8) is 0 Å². The van der Waals surface area contributed by atoms with E-state index in [1.165, 1.54) is 0 Å². The van der Waals surface area contributed by atoms with Crippen molar-refractivity contribution in [3.05, 3.63) is 58.1 Å². The minimum atomic E-state index is -4.51. The Bertz CT molecular complexity index is 720. The SMILES string of the molecule is O=C(CNc1ccccc1Cl)Nc1cc(C(F)(F)F)ccc1Cl. The van der Waals surface area contributed by atoms with Crippen LogP contribution >= 0.6 is 23.2 Å². The Hall–Kier alpha value is -1.92. The molecule has 1 amide bonds. The average Bonchev–Trinajstić information content (AvgIpc) is 2.47. The zero-order valence-electron chi connectivity index (χ0n) is 11.5. The third-order valence-corrected chi connectivity index (χ3v) is 3.54. The Morgan fingerprint density at radius 2 is 1.65 bits per heavy atom. The molecule has 0 atom stereocenters. The summed E-state index contributed by atoms with van der Waals surface area (Å²) in [7, 11) is 0. The van der Waals surface area contributed by atoms with E-state index in [4.69, 9.17) is 23.2 Å². The molecule has 0 fully saturated rings. The first kappa shape index (κ1) is 17.4. The fraction of sp³-hybridized carbons (Fsp3) is 0.133. The van der Waals surface area contributed by atoms with Crippen LogP contribution in [0.3, 0.4) is 0 Å². The second-order valence-corrected chi connectivity index (χ2v) is 5.39. The molecule has 0 radical (unpaired) electrons. The number of rotatable bonds is 4. The van der Waals surface area contributed by atoms with E-state index in [0.29, 0.717) is 10.7 Å². The normalized spacial score (nSPS) is 11.2. The molecule has 3 nitrogen and oxygen atoms in total. The van der Waals surface area contributed by atoms with Crippen LogP contribution in [0.4, 0.5) is 24.5 Å². The molecular weight excluding hydrogens is 352 g/mol. The number of halogens is 5. The zero-order valence-corrected chi connectivity index (χ0v) is 13.1. The van der Waals surface area contributed by atoms with E-state index in [0.717, 1.165) is 18.2 Å². The van der Waals surface area contributed by atoms with Crippen LogP contribution in [0.5, 0.6) is 0 Å². The molecule has 0 aromatic heterocycles. The van der Waals surface area contributed by atoms with Gasteiger partial charge in [0.2, 0.25) is 5.91 Å². The number of carbonyl (C=O) groups is 1. The van der Waals surface area contributed by atoms with Gasteiger partial charge in [0.05, 0.1) is 33.5 Å². The minimum Gasteiger partial charge on any atom is -0.375 e. The Balaban J connectivity index is 2.04. The van der Waals surface area contributed by atoms with Crippen LogP contribution in [-0.2, 0) is 11.0 Å². The molecule has 0 aliphatic carbocycles. The topological polar surface area (TPSA) is 41.1 Å². The maximum absolute atomic E-state index is 12.7. The maximum Gasteiger partial charge on any atom is 0.416 e. The molecule has 0 bridgehead atoms. The number of carbonyl (C=O) groups excluding carboxylic acids is 1. The molecule has 0 unspecified atom stereocenters. The standard InChI is InChI=1S/C15H11Cl2F3N2O/c16-10-3-1-2-4-12(10)21-8-14(23)22-13-7-9(15(18,19)20)5-6-11(13)17/h1-7,21H,8H2,(H,22,23). The van der Waals surface area contributed by atoms with Gasteiger partial charge in [-0.25, -0.2) is 0 Å². The summed E-state index contributed by atoms with van der Waals surface area (Å²) in [5.74, 6) is -0.550. The largest absolute Gasteiger partial charge is 0.416 e. The molecule has 8 heteroatoms. The maximum atomic E-state index is 12.7. The number of hydrogen-bond acceptors (Lipinski definition) is 2. The van der Waals surface area contributed by atoms with E-state index >= 15 is 0 Å². The third-order valence-electron chi connectivity index (χ3n) is 2.88. The van der Waals surface area contributed by atoms with Crippen molar-refractivity contribution < 1.29 is 18.0 Å². The molecule has 0 aliphatic rings. The lowest BCUT2D eigenvalue weighted by Gasteiger charge is -2.12. The van der Waals surface area contributed by atoms with Crippen LogP contribution in [0.1, 0.15) is 5.56 Å². The van der Waals surface area contributed by atoms with Gasteiger partial charge in [0.15, 0.2) is 0 Å². The van der Waals surface area contributed by atoms with E-state index < -0.39 is 17.6 Å². The highest BCUT2D eigenvalue weighted by Crippen LogP contribution is 2.33. The first-order chi connectivity index (χ1) is 10.8. The minimum absolute atomic E-state index is 0.0177. The Kier molecular flexibility index (Phi) is 5.38. The van der Waals surface area contributed by atoms with Crippen LogP contribution in [0.2, 0.25) is 10.0 Å². The Morgan fingerprint density at radius 1 is 1.00 bits per heavy atom. The van der Waals surface area contributed by atoms with Crippen LogP contribution in [-0.4, -0.2) is 12.5 Å². The summed E-state index contributed by atoms with van der Waals surface area (Å²) in [6.07, 6.45) is -4.51. The first-order valence-corrected chi connectivity index (χ1v) is 7.18. The van der Waals surface area contributed by atoms with Crippen molar-refractivity contribution in [1.82, 2.24) is 0 Å². The van der Waals surface area contributed by atoms with Crippen molar-refractivity contribution >= 4 is 40.5 Å². The second-order valence-electron chi connectivity index (χ2n) is 4.57. The van der Waals surface area contributed by atoms with Crippen LogP contribution < -0.4 is 10.6 Å². The lowest BCUT2D eigenvalue weighted by molar-refractivity contribution is -0.137. The van der Waals surface area contributed by atoms with Gasteiger partial charge in [0.25, 0.3) is 0 Å². The number of amides is 1. The predicted octanol–water partition coefficient (Wildman–Crippen LogP) is 5.06. The first-order valence-electron chi connectivity index (χ1n) is 6.42. The van der Waals surface area contributed by atoms with Crippen molar-refractivity contribution in [1.29, 1.82) is 0 Å². The van der Waals surface area contributed by atoms with E-state index in [9.17, 15) is 18.0 Å². The lowest BCUT2D eigenvalue weighted by Crippen LogP contribution is -2.22.